The molecular formula is C12H11N3O3S. The molecule has 0 aromatic carbocycles. The minimum absolute atomic E-state index is 0.273. The summed E-state index contributed by atoms with van der Waals surface area (Å²) in [6.45, 7) is 0. The third-order valence-corrected chi connectivity index (χ3v) is 3.13. The standard InChI is InChI=1S/C12H11N3O3S/c1-15-5-4-10(14-15)13-12(18)8-6-9(19-7-8)2-3-11(16)17/h2-7H,1H3,(H,16,17)(H,13,14,18). The van der Waals surface area contributed by atoms with Crippen molar-refractivity contribution in [3.8, 4) is 0 Å². The lowest BCUT2D eigenvalue weighted by Crippen LogP contribution is -2.11. The molecule has 2 aromatic heterocycles. The third-order valence-electron chi connectivity index (χ3n) is 2.23. The molecule has 2 N–H and O–H groups in total. The molecule has 0 aliphatic rings. The lowest BCUT2D eigenvalue weighted by Gasteiger charge is -1.98. The first-order valence-electron chi connectivity index (χ1n) is 5.35. The fraction of sp³-hybridized carbons (Fsp3) is 0.0833. The Morgan fingerprint density at radius 2 is 2.32 bits per heavy atom. The van der Waals surface area contributed by atoms with Gasteiger partial charge < -0.3 is 10.4 Å². The maximum Gasteiger partial charge on any atom is 0.328 e. The highest BCUT2D eigenvalue weighted by molar-refractivity contribution is 7.11. The van der Waals surface area contributed by atoms with Crippen LogP contribution >= 0.6 is 11.3 Å². The molecular weight excluding hydrogens is 266 g/mol. The fourth-order valence-corrected chi connectivity index (χ4v) is 2.16. The highest BCUT2D eigenvalue weighted by Gasteiger charge is 2.09. The highest BCUT2D eigenvalue weighted by Crippen LogP contribution is 2.17. The van der Waals surface area contributed by atoms with Gasteiger partial charge >= 0.3 is 5.97 Å². The maximum absolute atomic E-state index is 11.9. The van der Waals surface area contributed by atoms with Gasteiger partial charge in [-0.3, -0.25) is 9.48 Å². The molecule has 0 aliphatic heterocycles. The Balaban J connectivity index is 2.06. The Morgan fingerprint density at radius 1 is 1.53 bits per heavy atom. The maximum atomic E-state index is 11.9. The number of hydrogen-bond acceptors (Lipinski definition) is 4. The van der Waals surface area contributed by atoms with Crippen LogP contribution in [0.4, 0.5) is 5.82 Å². The van der Waals surface area contributed by atoms with Gasteiger partial charge in [-0.1, -0.05) is 0 Å². The summed E-state index contributed by atoms with van der Waals surface area (Å²) in [5.41, 5.74) is 0.473. The van der Waals surface area contributed by atoms with Crippen LogP contribution in [0.1, 0.15) is 15.2 Å². The first kappa shape index (κ1) is 13.0. The van der Waals surface area contributed by atoms with E-state index in [0.29, 0.717) is 16.3 Å². The molecule has 19 heavy (non-hydrogen) atoms. The number of carbonyl (C=O) groups is 2. The van der Waals surface area contributed by atoms with Crippen molar-refractivity contribution < 1.29 is 14.7 Å². The summed E-state index contributed by atoms with van der Waals surface area (Å²) in [4.78, 5) is 23.0. The van der Waals surface area contributed by atoms with E-state index in [-0.39, 0.29) is 5.91 Å². The number of aliphatic carboxylic acids is 1. The van der Waals surface area contributed by atoms with Crippen LogP contribution in [0.5, 0.6) is 0 Å². The van der Waals surface area contributed by atoms with Gasteiger partial charge in [0.05, 0.1) is 5.56 Å². The number of amides is 1. The molecule has 6 nitrogen and oxygen atoms in total. The van der Waals surface area contributed by atoms with E-state index >= 15 is 0 Å². The lowest BCUT2D eigenvalue weighted by molar-refractivity contribution is -0.131. The Hall–Kier alpha value is -2.41. The molecule has 2 aromatic rings. The summed E-state index contributed by atoms with van der Waals surface area (Å²) in [6.07, 6.45) is 4.21. The first-order valence-corrected chi connectivity index (χ1v) is 6.23. The smallest absolute Gasteiger partial charge is 0.328 e. The number of carboxylic acid groups (broad SMARTS) is 1. The van der Waals surface area contributed by atoms with Crippen molar-refractivity contribution in [2.45, 2.75) is 0 Å². The molecule has 2 heterocycles. The molecule has 0 fully saturated rings. The zero-order valence-corrected chi connectivity index (χ0v) is 10.8. The van der Waals surface area contributed by atoms with E-state index < -0.39 is 5.97 Å². The minimum atomic E-state index is -1.02. The van der Waals surface area contributed by atoms with Crippen molar-refractivity contribution in [2.24, 2.45) is 7.05 Å². The van der Waals surface area contributed by atoms with Crippen molar-refractivity contribution in [3.05, 3.63) is 40.2 Å². The number of anilines is 1. The first-order chi connectivity index (χ1) is 9.04. The van der Waals surface area contributed by atoms with Crippen LogP contribution in [0.25, 0.3) is 6.08 Å². The molecule has 0 unspecified atom stereocenters. The number of carboxylic acids is 1. The van der Waals surface area contributed by atoms with E-state index in [9.17, 15) is 9.59 Å². The molecule has 0 aliphatic carbocycles. The molecule has 0 saturated carbocycles. The predicted octanol–water partition coefficient (Wildman–Crippen LogP) is 1.83. The molecule has 0 bridgehead atoms. The van der Waals surface area contributed by atoms with Gasteiger partial charge in [-0.25, -0.2) is 4.79 Å². The van der Waals surface area contributed by atoms with Gasteiger partial charge in [0.2, 0.25) is 0 Å². The Morgan fingerprint density at radius 3 is 2.95 bits per heavy atom. The van der Waals surface area contributed by atoms with Crippen molar-refractivity contribution in [2.75, 3.05) is 5.32 Å². The number of nitrogens with one attached hydrogen (secondary N) is 1. The van der Waals surface area contributed by atoms with Crippen LogP contribution in [-0.4, -0.2) is 26.8 Å². The predicted molar refractivity (Wildman–Crippen MR) is 72.2 cm³/mol. The second kappa shape index (κ2) is 5.49. The van der Waals surface area contributed by atoms with Gasteiger partial charge in [0, 0.05) is 35.6 Å². The van der Waals surface area contributed by atoms with Gasteiger partial charge in [-0.2, -0.15) is 5.10 Å². The Bertz CT molecular complexity index is 642. The molecule has 98 valence electrons. The van der Waals surface area contributed by atoms with Gasteiger partial charge in [0.15, 0.2) is 5.82 Å². The summed E-state index contributed by atoms with van der Waals surface area (Å²) >= 11 is 1.30. The number of rotatable bonds is 4. The Labute approximate surface area is 113 Å². The van der Waals surface area contributed by atoms with Crippen LogP contribution in [0.3, 0.4) is 0 Å². The van der Waals surface area contributed by atoms with Gasteiger partial charge in [-0.05, 0) is 12.1 Å². The molecule has 0 saturated heterocycles. The fourth-order valence-electron chi connectivity index (χ4n) is 1.38. The van der Waals surface area contributed by atoms with Crippen LogP contribution in [0, 0.1) is 0 Å². The van der Waals surface area contributed by atoms with E-state index in [0.717, 1.165) is 6.08 Å². The van der Waals surface area contributed by atoms with E-state index in [1.54, 1.807) is 35.4 Å². The van der Waals surface area contributed by atoms with E-state index in [4.69, 9.17) is 5.11 Å². The number of thiophene rings is 1. The van der Waals surface area contributed by atoms with Crippen LogP contribution in [0.2, 0.25) is 0 Å². The molecule has 7 heteroatoms. The van der Waals surface area contributed by atoms with Crippen LogP contribution in [-0.2, 0) is 11.8 Å². The van der Waals surface area contributed by atoms with Gasteiger partial charge in [0.1, 0.15) is 0 Å². The summed E-state index contributed by atoms with van der Waals surface area (Å²) in [6, 6.07) is 3.32. The lowest BCUT2D eigenvalue weighted by atomic mass is 10.3. The zero-order valence-electron chi connectivity index (χ0n) is 10.0. The minimum Gasteiger partial charge on any atom is -0.478 e. The molecule has 2 rings (SSSR count). The Kier molecular flexibility index (Phi) is 3.76. The van der Waals surface area contributed by atoms with Crippen molar-refractivity contribution in [1.82, 2.24) is 9.78 Å². The molecule has 0 atom stereocenters. The van der Waals surface area contributed by atoms with Gasteiger partial charge in [-0.15, -0.1) is 11.3 Å². The molecule has 1 amide bonds. The normalized spacial score (nSPS) is 10.8. The number of hydrogen-bond donors (Lipinski definition) is 2. The topological polar surface area (TPSA) is 84.2 Å². The third kappa shape index (κ3) is 3.52. The van der Waals surface area contributed by atoms with Gasteiger partial charge in [0.25, 0.3) is 5.91 Å². The summed E-state index contributed by atoms with van der Waals surface area (Å²) in [5, 5.41) is 16.9. The van der Waals surface area contributed by atoms with Crippen molar-refractivity contribution in [1.29, 1.82) is 0 Å². The van der Waals surface area contributed by atoms with E-state index in [2.05, 4.69) is 10.4 Å². The van der Waals surface area contributed by atoms with E-state index in [1.807, 2.05) is 0 Å². The summed E-state index contributed by atoms with van der Waals surface area (Å²) in [5.74, 6) is -0.820. The van der Waals surface area contributed by atoms with Crippen LogP contribution in [0.15, 0.2) is 29.8 Å². The SMILES string of the molecule is Cn1ccc(NC(=O)c2csc(C=CC(=O)O)c2)n1. The number of carbonyl (C=O) groups excluding carboxylic acids is 1. The largest absolute Gasteiger partial charge is 0.478 e. The summed E-state index contributed by atoms with van der Waals surface area (Å²) in [7, 11) is 1.76. The molecule has 0 spiro atoms. The average Bonchev–Trinajstić information content (AvgIpc) is 2.95. The average molecular weight is 277 g/mol. The number of aromatic nitrogens is 2. The second-order valence-corrected chi connectivity index (χ2v) is 4.68. The number of nitrogens with zero attached hydrogens (tertiary/aromatic N) is 2. The molecule has 0 radical (unpaired) electrons. The van der Waals surface area contributed by atoms with Crippen molar-refractivity contribution in [3.63, 3.8) is 0 Å². The monoisotopic (exact) mass is 277 g/mol. The second-order valence-electron chi connectivity index (χ2n) is 3.74. The highest BCUT2D eigenvalue weighted by atomic mass is 32.1. The van der Waals surface area contributed by atoms with Crippen molar-refractivity contribution >= 4 is 35.1 Å². The quantitative estimate of drug-likeness (QED) is 0.835. The van der Waals surface area contributed by atoms with Crippen LogP contribution < -0.4 is 5.32 Å². The zero-order chi connectivity index (χ0) is 13.8. The number of aryl methyl sites for hydroxylation is 1. The van der Waals surface area contributed by atoms with E-state index in [1.165, 1.54) is 17.4 Å². The summed E-state index contributed by atoms with van der Waals surface area (Å²) < 4.78 is 1.59.